The highest BCUT2D eigenvalue weighted by atomic mass is 35.5. The smallest absolute Gasteiger partial charge is 0.224 e. The van der Waals surface area contributed by atoms with E-state index in [2.05, 4.69) is 15.5 Å². The van der Waals surface area contributed by atoms with Crippen LogP contribution in [0.1, 0.15) is 31.7 Å². The van der Waals surface area contributed by atoms with Gasteiger partial charge in [-0.25, -0.2) is 4.68 Å². The van der Waals surface area contributed by atoms with Gasteiger partial charge in [-0.3, -0.25) is 4.79 Å². The Labute approximate surface area is 135 Å². The van der Waals surface area contributed by atoms with Gasteiger partial charge in [0.1, 0.15) is 5.82 Å². The Hall–Kier alpha value is -1.95. The normalized spacial score (nSPS) is 11.0. The van der Waals surface area contributed by atoms with Gasteiger partial charge in [0.05, 0.1) is 6.54 Å². The summed E-state index contributed by atoms with van der Waals surface area (Å²) in [6.07, 6.45) is 0.356. The Morgan fingerprint density at radius 1 is 1.36 bits per heavy atom. The molecule has 0 saturated heterocycles. The van der Waals surface area contributed by atoms with E-state index in [0.29, 0.717) is 30.4 Å². The first kappa shape index (κ1) is 16.4. The van der Waals surface area contributed by atoms with E-state index >= 15 is 0 Å². The van der Waals surface area contributed by atoms with Crippen molar-refractivity contribution in [1.82, 2.24) is 25.1 Å². The molecule has 0 aliphatic carbocycles. The second kappa shape index (κ2) is 7.35. The third kappa shape index (κ3) is 4.04. The van der Waals surface area contributed by atoms with Crippen molar-refractivity contribution in [3.05, 3.63) is 40.7 Å². The van der Waals surface area contributed by atoms with Crippen molar-refractivity contribution in [2.45, 2.75) is 46.3 Å². The summed E-state index contributed by atoms with van der Waals surface area (Å²) >= 11 is 6.19. The number of benzene rings is 1. The Kier molecular flexibility index (Phi) is 5.49. The maximum absolute atomic E-state index is 12.5. The van der Waals surface area contributed by atoms with Crippen LogP contribution in [0.5, 0.6) is 0 Å². The number of halogens is 1. The average molecular weight is 322 g/mol. The maximum atomic E-state index is 12.5. The van der Waals surface area contributed by atoms with Gasteiger partial charge in [-0.2, -0.15) is 0 Å². The molecule has 0 aliphatic heterocycles. The van der Waals surface area contributed by atoms with E-state index in [4.69, 9.17) is 11.6 Å². The first-order chi connectivity index (χ1) is 10.5. The number of aryl methyl sites for hydroxylation is 2. The van der Waals surface area contributed by atoms with E-state index in [1.807, 2.05) is 49.9 Å². The van der Waals surface area contributed by atoms with Crippen LogP contribution in [0, 0.1) is 6.92 Å². The number of rotatable bonds is 6. The summed E-state index contributed by atoms with van der Waals surface area (Å²) in [6, 6.07) is 7.68. The van der Waals surface area contributed by atoms with Gasteiger partial charge < -0.3 is 4.90 Å². The van der Waals surface area contributed by atoms with Gasteiger partial charge in [0.2, 0.25) is 5.91 Å². The highest BCUT2D eigenvalue weighted by molar-refractivity contribution is 6.31. The molecule has 1 heterocycles. The van der Waals surface area contributed by atoms with Crippen LogP contribution in [0.2, 0.25) is 5.02 Å². The van der Waals surface area contributed by atoms with Crippen molar-refractivity contribution in [2.75, 3.05) is 0 Å². The van der Waals surface area contributed by atoms with Crippen molar-refractivity contribution in [3.63, 3.8) is 0 Å². The highest BCUT2D eigenvalue weighted by Gasteiger charge is 2.18. The van der Waals surface area contributed by atoms with Crippen molar-refractivity contribution in [2.24, 2.45) is 0 Å². The second-order valence-electron chi connectivity index (χ2n) is 5.41. The van der Waals surface area contributed by atoms with Crippen molar-refractivity contribution in [1.29, 1.82) is 0 Å². The molecular weight excluding hydrogens is 302 g/mol. The van der Waals surface area contributed by atoms with E-state index in [1.54, 1.807) is 4.68 Å². The van der Waals surface area contributed by atoms with Gasteiger partial charge in [0.15, 0.2) is 0 Å². The first-order valence-electron chi connectivity index (χ1n) is 7.24. The molecule has 2 aromatic rings. The van der Waals surface area contributed by atoms with Crippen LogP contribution >= 0.6 is 11.6 Å². The SMILES string of the molecule is Cc1nnnn1CCC(=O)N(Cc1ccccc1Cl)C(C)C. The predicted octanol–water partition coefficient (Wildman–Crippen LogP) is 2.46. The summed E-state index contributed by atoms with van der Waals surface area (Å²) in [6.45, 7) is 6.79. The molecule has 0 unspecified atom stereocenters. The Balaban J connectivity index is 2.03. The second-order valence-corrected chi connectivity index (χ2v) is 5.81. The number of carbonyl (C=O) groups excluding carboxylic acids is 1. The number of aromatic nitrogens is 4. The topological polar surface area (TPSA) is 63.9 Å². The van der Waals surface area contributed by atoms with Crippen molar-refractivity contribution in [3.8, 4) is 0 Å². The van der Waals surface area contributed by atoms with Gasteiger partial charge in [-0.05, 0) is 42.8 Å². The fraction of sp³-hybridized carbons (Fsp3) is 0.467. The zero-order chi connectivity index (χ0) is 16.1. The maximum Gasteiger partial charge on any atom is 0.224 e. The lowest BCUT2D eigenvalue weighted by Crippen LogP contribution is -2.37. The predicted molar refractivity (Wildman–Crippen MR) is 84.3 cm³/mol. The number of hydrogen-bond donors (Lipinski definition) is 0. The van der Waals surface area contributed by atoms with E-state index in [9.17, 15) is 4.79 Å². The van der Waals surface area contributed by atoms with Gasteiger partial charge in [0, 0.05) is 24.0 Å². The van der Waals surface area contributed by atoms with E-state index < -0.39 is 0 Å². The minimum atomic E-state index is 0.0600. The largest absolute Gasteiger partial charge is 0.336 e. The van der Waals surface area contributed by atoms with Crippen LogP contribution in [-0.4, -0.2) is 37.1 Å². The summed E-state index contributed by atoms with van der Waals surface area (Å²) in [5.74, 6) is 0.764. The standard InChI is InChI=1S/C15H20ClN5O/c1-11(2)20(10-13-6-4-5-7-14(13)16)15(22)8-9-21-12(3)17-18-19-21/h4-7,11H,8-10H2,1-3H3. The Bertz CT molecular complexity index is 640. The molecule has 0 spiro atoms. The summed E-state index contributed by atoms with van der Waals surface area (Å²) in [5, 5.41) is 11.9. The molecule has 0 bridgehead atoms. The molecule has 6 nitrogen and oxygen atoms in total. The zero-order valence-corrected chi connectivity index (χ0v) is 13.8. The number of carbonyl (C=O) groups is 1. The van der Waals surface area contributed by atoms with Crippen LogP contribution in [0.15, 0.2) is 24.3 Å². The lowest BCUT2D eigenvalue weighted by atomic mass is 10.1. The Morgan fingerprint density at radius 3 is 2.68 bits per heavy atom. The molecule has 0 fully saturated rings. The first-order valence-corrected chi connectivity index (χ1v) is 7.62. The van der Waals surface area contributed by atoms with E-state index in [0.717, 1.165) is 5.56 Å². The molecule has 0 aliphatic rings. The Morgan fingerprint density at radius 2 is 2.09 bits per heavy atom. The quantitative estimate of drug-likeness (QED) is 0.820. The van der Waals surface area contributed by atoms with Gasteiger partial charge in [-0.15, -0.1) is 5.10 Å². The summed E-state index contributed by atoms with van der Waals surface area (Å²) in [4.78, 5) is 14.3. The lowest BCUT2D eigenvalue weighted by molar-refractivity contribution is -0.133. The van der Waals surface area contributed by atoms with E-state index in [-0.39, 0.29) is 11.9 Å². The third-order valence-electron chi connectivity index (χ3n) is 3.49. The van der Waals surface area contributed by atoms with Gasteiger partial charge >= 0.3 is 0 Å². The fourth-order valence-corrected chi connectivity index (χ4v) is 2.37. The molecule has 1 amide bonds. The van der Waals surface area contributed by atoms with E-state index in [1.165, 1.54) is 0 Å². The fourth-order valence-electron chi connectivity index (χ4n) is 2.17. The molecule has 118 valence electrons. The van der Waals surface area contributed by atoms with Crippen LogP contribution < -0.4 is 0 Å². The molecule has 1 aromatic heterocycles. The zero-order valence-electron chi connectivity index (χ0n) is 13.0. The summed E-state index contributed by atoms with van der Waals surface area (Å²) in [5.41, 5.74) is 0.949. The van der Waals surface area contributed by atoms with Crippen LogP contribution in [0.3, 0.4) is 0 Å². The van der Waals surface area contributed by atoms with Crippen LogP contribution in [0.25, 0.3) is 0 Å². The monoisotopic (exact) mass is 321 g/mol. The third-order valence-corrected chi connectivity index (χ3v) is 3.86. The molecule has 0 radical (unpaired) electrons. The number of tetrazole rings is 1. The summed E-state index contributed by atoms with van der Waals surface area (Å²) in [7, 11) is 0. The molecule has 22 heavy (non-hydrogen) atoms. The van der Waals surface area contributed by atoms with Crippen molar-refractivity contribution < 1.29 is 4.79 Å². The van der Waals surface area contributed by atoms with Gasteiger partial charge in [-0.1, -0.05) is 29.8 Å². The minimum absolute atomic E-state index is 0.0600. The number of nitrogens with zero attached hydrogens (tertiary/aromatic N) is 5. The molecule has 0 N–H and O–H groups in total. The number of amides is 1. The number of hydrogen-bond acceptors (Lipinski definition) is 4. The minimum Gasteiger partial charge on any atom is -0.336 e. The average Bonchev–Trinajstić information content (AvgIpc) is 2.89. The van der Waals surface area contributed by atoms with Crippen molar-refractivity contribution >= 4 is 17.5 Å². The molecule has 7 heteroatoms. The molecule has 1 aromatic carbocycles. The molecule has 0 saturated carbocycles. The lowest BCUT2D eigenvalue weighted by Gasteiger charge is -2.27. The van der Waals surface area contributed by atoms with Crippen LogP contribution in [-0.2, 0) is 17.9 Å². The van der Waals surface area contributed by atoms with Gasteiger partial charge in [0.25, 0.3) is 0 Å². The summed E-state index contributed by atoms with van der Waals surface area (Å²) < 4.78 is 1.63. The molecule has 2 rings (SSSR count). The molecular formula is C15H20ClN5O. The van der Waals surface area contributed by atoms with Crippen LogP contribution in [0.4, 0.5) is 0 Å². The molecule has 0 atom stereocenters. The highest BCUT2D eigenvalue weighted by Crippen LogP contribution is 2.19.